The molecule has 1 nitrogen and oxygen atoms in total. The quantitative estimate of drug-likeness (QED) is 0.798. The van der Waals surface area contributed by atoms with Crippen molar-refractivity contribution in [1.82, 2.24) is 0 Å². The van der Waals surface area contributed by atoms with Gasteiger partial charge >= 0.3 is 0 Å². The molecule has 4 unspecified atom stereocenters. The van der Waals surface area contributed by atoms with Gasteiger partial charge in [0.15, 0.2) is 0 Å². The second-order valence-electron chi connectivity index (χ2n) is 5.16. The predicted molar refractivity (Wildman–Crippen MR) is 67.2 cm³/mol. The van der Waals surface area contributed by atoms with Crippen LogP contribution in [0.15, 0.2) is 0 Å². The first kappa shape index (κ1) is 11.8. The van der Waals surface area contributed by atoms with E-state index in [0.717, 1.165) is 5.92 Å². The predicted octanol–water partition coefficient (Wildman–Crippen LogP) is 3.46. The molecule has 0 spiro atoms. The summed E-state index contributed by atoms with van der Waals surface area (Å²) in [5.41, 5.74) is 0. The Morgan fingerprint density at radius 3 is 2.67 bits per heavy atom. The minimum atomic E-state index is -0.0113. The summed E-state index contributed by atoms with van der Waals surface area (Å²) in [6, 6.07) is 0. The fraction of sp³-hybridized carbons (Fsp3) is 1.00. The van der Waals surface area contributed by atoms with Gasteiger partial charge in [0.05, 0.1) is 6.10 Å². The lowest BCUT2D eigenvalue weighted by Gasteiger charge is -2.36. The molecular weight excluding hydrogens is 204 g/mol. The monoisotopic (exact) mass is 228 g/mol. The maximum absolute atomic E-state index is 10.5. The molecule has 0 amide bonds. The maximum atomic E-state index is 10.5. The molecule has 2 aliphatic rings. The third-order valence-corrected chi connectivity index (χ3v) is 5.74. The van der Waals surface area contributed by atoms with E-state index in [-0.39, 0.29) is 6.10 Å². The van der Waals surface area contributed by atoms with Crippen LogP contribution in [0.3, 0.4) is 0 Å². The fourth-order valence-electron chi connectivity index (χ4n) is 3.34. The number of rotatable bonds is 3. The van der Waals surface area contributed by atoms with Crippen LogP contribution < -0.4 is 0 Å². The molecule has 2 rings (SSSR count). The number of aliphatic hydroxyl groups is 1. The third kappa shape index (κ3) is 2.71. The average molecular weight is 228 g/mol. The Bertz CT molecular complexity index is 189. The van der Waals surface area contributed by atoms with Crippen molar-refractivity contribution < 1.29 is 5.11 Å². The van der Waals surface area contributed by atoms with E-state index >= 15 is 0 Å². The van der Waals surface area contributed by atoms with Crippen LogP contribution in [0.5, 0.6) is 0 Å². The largest absolute Gasteiger partial charge is 0.392 e. The van der Waals surface area contributed by atoms with E-state index < -0.39 is 0 Å². The summed E-state index contributed by atoms with van der Waals surface area (Å²) in [6.07, 6.45) is 9.18. The van der Waals surface area contributed by atoms with E-state index in [4.69, 9.17) is 0 Å². The molecule has 2 fully saturated rings. The number of hydrogen-bond donors (Lipinski definition) is 1. The summed E-state index contributed by atoms with van der Waals surface area (Å²) in [7, 11) is 0. The molecule has 0 aromatic heterocycles. The lowest BCUT2D eigenvalue weighted by atomic mass is 9.74. The molecule has 1 heterocycles. The van der Waals surface area contributed by atoms with Crippen molar-refractivity contribution in [3.63, 3.8) is 0 Å². The summed E-state index contributed by atoms with van der Waals surface area (Å²) < 4.78 is 0. The maximum Gasteiger partial charge on any atom is 0.0689 e. The molecule has 0 radical (unpaired) electrons. The third-order valence-electron chi connectivity index (χ3n) is 4.28. The molecule has 1 N–H and O–H groups in total. The second kappa shape index (κ2) is 5.58. The zero-order valence-corrected chi connectivity index (χ0v) is 10.6. The molecule has 1 aliphatic heterocycles. The van der Waals surface area contributed by atoms with E-state index in [1.54, 1.807) is 0 Å². The van der Waals surface area contributed by atoms with Gasteiger partial charge in [-0.15, -0.1) is 0 Å². The SMILES string of the molecule is CCC1CCCCC1C(O)C1CCCS1. The summed E-state index contributed by atoms with van der Waals surface area (Å²) in [6.45, 7) is 2.29. The van der Waals surface area contributed by atoms with Crippen molar-refractivity contribution >= 4 is 11.8 Å². The smallest absolute Gasteiger partial charge is 0.0689 e. The molecule has 1 saturated heterocycles. The van der Waals surface area contributed by atoms with Gasteiger partial charge < -0.3 is 5.11 Å². The van der Waals surface area contributed by atoms with Crippen molar-refractivity contribution in [2.75, 3.05) is 5.75 Å². The van der Waals surface area contributed by atoms with Crippen LogP contribution >= 0.6 is 11.8 Å². The number of aliphatic hydroxyl groups excluding tert-OH is 1. The highest BCUT2D eigenvalue weighted by molar-refractivity contribution is 8.00. The van der Waals surface area contributed by atoms with Gasteiger partial charge in [-0.25, -0.2) is 0 Å². The van der Waals surface area contributed by atoms with Gasteiger partial charge in [0.1, 0.15) is 0 Å². The lowest BCUT2D eigenvalue weighted by Crippen LogP contribution is -2.36. The van der Waals surface area contributed by atoms with E-state index in [1.807, 2.05) is 11.8 Å². The van der Waals surface area contributed by atoms with Gasteiger partial charge in [0.25, 0.3) is 0 Å². The standard InChI is InChI=1S/C13H24OS/c1-2-10-6-3-4-7-11(10)13(14)12-8-5-9-15-12/h10-14H,2-9H2,1H3. The Hall–Kier alpha value is 0.310. The minimum Gasteiger partial charge on any atom is -0.392 e. The molecule has 2 heteroatoms. The molecule has 1 aliphatic carbocycles. The van der Waals surface area contributed by atoms with Gasteiger partial charge in [-0.2, -0.15) is 11.8 Å². The van der Waals surface area contributed by atoms with E-state index in [1.165, 1.54) is 50.7 Å². The van der Waals surface area contributed by atoms with Crippen molar-refractivity contribution in [3.05, 3.63) is 0 Å². The molecular formula is C13H24OS. The first-order chi connectivity index (χ1) is 7.33. The van der Waals surface area contributed by atoms with Gasteiger partial charge in [-0.1, -0.05) is 32.6 Å². The van der Waals surface area contributed by atoms with Gasteiger partial charge in [0, 0.05) is 5.25 Å². The highest BCUT2D eigenvalue weighted by Crippen LogP contribution is 2.40. The topological polar surface area (TPSA) is 20.2 Å². The fourth-order valence-corrected chi connectivity index (χ4v) is 4.71. The zero-order chi connectivity index (χ0) is 10.7. The number of hydrogen-bond acceptors (Lipinski definition) is 2. The van der Waals surface area contributed by atoms with Crippen LogP contribution in [0.25, 0.3) is 0 Å². The van der Waals surface area contributed by atoms with Crippen LogP contribution in [0.1, 0.15) is 51.9 Å². The van der Waals surface area contributed by atoms with Crippen LogP contribution in [-0.4, -0.2) is 22.2 Å². The Morgan fingerprint density at radius 1 is 1.20 bits per heavy atom. The Labute approximate surface area is 98.0 Å². The molecule has 88 valence electrons. The Kier molecular flexibility index (Phi) is 4.39. The van der Waals surface area contributed by atoms with Crippen LogP contribution in [0.4, 0.5) is 0 Å². The minimum absolute atomic E-state index is 0.0113. The van der Waals surface area contributed by atoms with E-state index in [2.05, 4.69) is 6.92 Å². The summed E-state index contributed by atoms with van der Waals surface area (Å²) in [5.74, 6) is 2.68. The van der Waals surface area contributed by atoms with Crippen molar-refractivity contribution in [2.45, 2.75) is 63.2 Å². The molecule has 15 heavy (non-hydrogen) atoms. The first-order valence-corrected chi connectivity index (χ1v) is 7.67. The van der Waals surface area contributed by atoms with Gasteiger partial charge in [-0.3, -0.25) is 0 Å². The summed E-state index contributed by atoms with van der Waals surface area (Å²) in [4.78, 5) is 0. The molecule has 1 saturated carbocycles. The lowest BCUT2D eigenvalue weighted by molar-refractivity contribution is 0.0442. The highest BCUT2D eigenvalue weighted by atomic mass is 32.2. The van der Waals surface area contributed by atoms with Gasteiger partial charge in [0.2, 0.25) is 0 Å². The average Bonchev–Trinajstić information content (AvgIpc) is 2.81. The Morgan fingerprint density at radius 2 is 2.00 bits per heavy atom. The highest BCUT2D eigenvalue weighted by Gasteiger charge is 2.35. The van der Waals surface area contributed by atoms with E-state index in [0.29, 0.717) is 11.2 Å². The zero-order valence-electron chi connectivity index (χ0n) is 9.82. The number of thioether (sulfide) groups is 1. The molecule has 0 bridgehead atoms. The van der Waals surface area contributed by atoms with Crippen molar-refractivity contribution in [2.24, 2.45) is 11.8 Å². The van der Waals surface area contributed by atoms with Crippen LogP contribution in [0.2, 0.25) is 0 Å². The van der Waals surface area contributed by atoms with Crippen molar-refractivity contribution in [1.29, 1.82) is 0 Å². The van der Waals surface area contributed by atoms with Crippen molar-refractivity contribution in [3.8, 4) is 0 Å². The van der Waals surface area contributed by atoms with Crippen LogP contribution in [-0.2, 0) is 0 Å². The summed E-state index contributed by atoms with van der Waals surface area (Å²) >= 11 is 2.01. The van der Waals surface area contributed by atoms with E-state index in [9.17, 15) is 5.11 Å². The molecule has 0 aromatic rings. The Balaban J connectivity index is 1.93. The van der Waals surface area contributed by atoms with Crippen LogP contribution in [0, 0.1) is 11.8 Å². The first-order valence-electron chi connectivity index (χ1n) is 6.62. The summed E-state index contributed by atoms with van der Waals surface area (Å²) in [5, 5.41) is 11.0. The second-order valence-corrected chi connectivity index (χ2v) is 6.51. The normalized spacial score (nSPS) is 39.2. The van der Waals surface area contributed by atoms with Gasteiger partial charge in [-0.05, 0) is 36.9 Å². The molecule has 0 aromatic carbocycles. The molecule has 4 atom stereocenters.